The number of allylic oxidation sites excluding steroid dienone is 22. The molecule has 0 aromatic heterocycles. The fourth-order valence-electron chi connectivity index (χ4n) is 4.23. The summed E-state index contributed by atoms with van der Waals surface area (Å²) in [6.45, 7) is 19.7. The fraction of sp³-hybridized carbons (Fsp3) is 0.375. The maximum Gasteiger partial charge on any atom is 0.161 e. The third-order valence-corrected chi connectivity index (χ3v) is 7.22. The zero-order valence-electron chi connectivity index (χ0n) is 28.1. The van der Waals surface area contributed by atoms with Gasteiger partial charge in [0.1, 0.15) is 0 Å². The number of hydrogen-bond donors (Lipinski definition) is 2. The van der Waals surface area contributed by atoms with Crippen LogP contribution in [0.5, 0.6) is 0 Å². The number of carbonyl (C=O) groups is 1. The monoisotopic (exact) mass is 582 g/mol. The number of hydrogen-bond acceptors (Lipinski definition) is 3. The van der Waals surface area contributed by atoms with Gasteiger partial charge in [-0.1, -0.05) is 145 Å². The zero-order chi connectivity index (χ0) is 32.6. The highest BCUT2D eigenvalue weighted by atomic mass is 16.3. The van der Waals surface area contributed by atoms with Gasteiger partial charge in [-0.05, 0) is 73.0 Å². The van der Waals surface area contributed by atoms with Gasteiger partial charge in [-0.25, -0.2) is 0 Å². The molecule has 0 amide bonds. The van der Waals surface area contributed by atoms with Gasteiger partial charge in [0.05, 0.1) is 11.7 Å². The van der Waals surface area contributed by atoms with E-state index in [9.17, 15) is 15.0 Å². The van der Waals surface area contributed by atoms with Crippen LogP contribution < -0.4 is 0 Å². The van der Waals surface area contributed by atoms with Gasteiger partial charge >= 0.3 is 0 Å². The summed E-state index contributed by atoms with van der Waals surface area (Å²) in [6.07, 6.45) is 34.9. The highest BCUT2D eigenvalue weighted by molar-refractivity contribution is 5.97. The summed E-state index contributed by atoms with van der Waals surface area (Å²) < 4.78 is 0. The third-order valence-electron chi connectivity index (χ3n) is 7.22. The molecule has 1 atom stereocenters. The Bertz CT molecular complexity index is 1330. The number of rotatable bonds is 13. The summed E-state index contributed by atoms with van der Waals surface area (Å²) in [6, 6.07) is 0. The Balaban J connectivity index is 2.66. The van der Waals surface area contributed by atoms with E-state index >= 15 is 0 Å². The van der Waals surface area contributed by atoms with Crippen LogP contribution in [-0.4, -0.2) is 27.7 Å². The molecule has 0 radical (unpaired) electrons. The van der Waals surface area contributed by atoms with Gasteiger partial charge in [-0.2, -0.15) is 0 Å². The molecule has 1 aliphatic rings. The number of carbonyl (C=O) groups excluding carboxylic acids is 1. The van der Waals surface area contributed by atoms with Crippen LogP contribution in [-0.2, 0) is 4.79 Å². The fourth-order valence-corrected chi connectivity index (χ4v) is 4.23. The first kappa shape index (κ1) is 37.5. The van der Waals surface area contributed by atoms with E-state index in [2.05, 4.69) is 69.4 Å². The van der Waals surface area contributed by atoms with Crippen molar-refractivity contribution >= 4 is 5.78 Å². The molecule has 43 heavy (non-hydrogen) atoms. The van der Waals surface area contributed by atoms with Crippen LogP contribution in [0, 0.1) is 5.41 Å². The third kappa shape index (κ3) is 15.5. The minimum absolute atomic E-state index is 0.0198. The summed E-state index contributed by atoms with van der Waals surface area (Å²) in [5, 5.41) is 20.1. The van der Waals surface area contributed by atoms with Crippen LogP contribution in [0.2, 0.25) is 0 Å². The van der Waals surface area contributed by atoms with Crippen molar-refractivity contribution in [3.05, 3.63) is 142 Å². The minimum atomic E-state index is -0.674. The Morgan fingerprint density at radius 3 is 1.58 bits per heavy atom. The first-order valence-electron chi connectivity index (χ1n) is 15.1. The van der Waals surface area contributed by atoms with Gasteiger partial charge in [0.2, 0.25) is 0 Å². The second kappa shape index (κ2) is 18.2. The van der Waals surface area contributed by atoms with Crippen LogP contribution in [0.3, 0.4) is 0 Å². The number of aliphatic hydroxyl groups is 2. The summed E-state index contributed by atoms with van der Waals surface area (Å²) in [7, 11) is 0. The largest absolute Gasteiger partial charge is 0.392 e. The van der Waals surface area contributed by atoms with Gasteiger partial charge < -0.3 is 10.2 Å². The SMILES string of the molecule is CC1=C(/C=C/C(C)=C/C=C/C(C)=C/C=C/C=C(C)/C=C/C=C(C)/C=C/C=C(C)/C=C/CC(C)(C)O)C(C)(C)[C@H](O)CC1=O. The number of ketones is 1. The molecule has 0 saturated carbocycles. The predicted molar refractivity (Wildman–Crippen MR) is 187 cm³/mol. The van der Waals surface area contributed by atoms with Gasteiger partial charge in [0.15, 0.2) is 5.78 Å². The summed E-state index contributed by atoms with van der Waals surface area (Å²) in [4.78, 5) is 12.2. The molecule has 1 aliphatic carbocycles. The molecule has 3 nitrogen and oxygen atoms in total. The molecule has 0 aromatic carbocycles. The second-order valence-corrected chi connectivity index (χ2v) is 12.7. The molecular weight excluding hydrogens is 528 g/mol. The molecule has 232 valence electrons. The van der Waals surface area contributed by atoms with Crippen LogP contribution in [0.4, 0.5) is 0 Å². The van der Waals surface area contributed by atoms with Crippen LogP contribution in [0.1, 0.15) is 82.1 Å². The van der Waals surface area contributed by atoms with Crippen molar-refractivity contribution in [1.29, 1.82) is 0 Å². The van der Waals surface area contributed by atoms with E-state index in [1.54, 1.807) is 0 Å². The predicted octanol–water partition coefficient (Wildman–Crippen LogP) is 9.89. The van der Waals surface area contributed by atoms with E-state index in [0.29, 0.717) is 6.42 Å². The molecule has 0 bridgehead atoms. The number of Topliss-reactive ketones (excluding diaryl/α,β-unsaturated/α-hetero) is 1. The lowest BCUT2D eigenvalue weighted by Crippen LogP contribution is -2.38. The first-order chi connectivity index (χ1) is 20.0. The standard InChI is InChI=1S/C40H54O3/c1-30(19-13-21-32(3)22-14-23-33(4)25-16-28-39(7,8)43)17-11-12-18-31(2)20-15-24-34(5)26-27-36-35(6)37(41)29-38(42)40(36,9)10/h11-27,38,42-43H,28-29H2,1-10H3/b12-11+,19-13+,20-15+,22-14+,25-16+,27-26+,30-17+,31-18+,32-21+,33-23+,34-24+/t38-/m1/s1. The van der Waals surface area contributed by atoms with Crippen molar-refractivity contribution in [2.45, 2.75) is 93.8 Å². The van der Waals surface area contributed by atoms with E-state index < -0.39 is 17.1 Å². The molecular formula is C40H54O3. The lowest BCUT2D eigenvalue weighted by Gasteiger charge is -2.36. The van der Waals surface area contributed by atoms with Gasteiger partial charge in [-0.3, -0.25) is 4.79 Å². The van der Waals surface area contributed by atoms with Gasteiger partial charge in [0.25, 0.3) is 0 Å². The average Bonchev–Trinajstić information content (AvgIpc) is 2.89. The minimum Gasteiger partial charge on any atom is -0.392 e. The molecule has 3 heteroatoms. The molecule has 0 fully saturated rings. The van der Waals surface area contributed by atoms with Crippen LogP contribution >= 0.6 is 0 Å². The molecule has 0 unspecified atom stereocenters. The van der Waals surface area contributed by atoms with Crippen molar-refractivity contribution in [3.63, 3.8) is 0 Å². The van der Waals surface area contributed by atoms with Crippen LogP contribution in [0.15, 0.2) is 142 Å². The highest BCUT2D eigenvalue weighted by Gasteiger charge is 2.38. The Kier molecular flexibility index (Phi) is 15.9. The van der Waals surface area contributed by atoms with Crippen molar-refractivity contribution in [2.75, 3.05) is 0 Å². The normalized spacial score (nSPS) is 20.6. The molecule has 0 aliphatic heterocycles. The Hall–Kier alpha value is -3.53. The second-order valence-electron chi connectivity index (χ2n) is 12.7. The van der Waals surface area contributed by atoms with Crippen molar-refractivity contribution < 1.29 is 15.0 Å². The van der Waals surface area contributed by atoms with E-state index in [4.69, 9.17) is 0 Å². The van der Waals surface area contributed by atoms with E-state index in [0.717, 1.165) is 39.0 Å². The van der Waals surface area contributed by atoms with Gasteiger partial charge in [0, 0.05) is 11.8 Å². The molecule has 0 heterocycles. The van der Waals surface area contributed by atoms with Crippen LogP contribution in [0.25, 0.3) is 0 Å². The summed E-state index contributed by atoms with van der Waals surface area (Å²) in [5.74, 6) is 0.0198. The molecule has 2 N–H and O–H groups in total. The smallest absolute Gasteiger partial charge is 0.161 e. The molecule has 0 spiro atoms. The highest BCUT2D eigenvalue weighted by Crippen LogP contribution is 2.39. The summed E-state index contributed by atoms with van der Waals surface area (Å²) in [5.41, 5.74) is 6.19. The maximum absolute atomic E-state index is 12.2. The molecule has 0 saturated heterocycles. The van der Waals surface area contributed by atoms with E-state index in [1.165, 1.54) is 0 Å². The molecule has 1 rings (SSSR count). The number of aliphatic hydroxyl groups excluding tert-OH is 1. The average molecular weight is 583 g/mol. The first-order valence-corrected chi connectivity index (χ1v) is 15.1. The zero-order valence-corrected chi connectivity index (χ0v) is 28.1. The van der Waals surface area contributed by atoms with E-state index in [-0.39, 0.29) is 12.2 Å². The maximum atomic E-state index is 12.2. The van der Waals surface area contributed by atoms with Crippen molar-refractivity contribution in [2.24, 2.45) is 5.41 Å². The Morgan fingerprint density at radius 2 is 1.14 bits per heavy atom. The molecule has 0 aromatic rings. The lowest BCUT2D eigenvalue weighted by molar-refractivity contribution is -0.120. The van der Waals surface area contributed by atoms with Crippen molar-refractivity contribution in [1.82, 2.24) is 0 Å². The quantitative estimate of drug-likeness (QED) is 0.213. The van der Waals surface area contributed by atoms with Crippen molar-refractivity contribution in [3.8, 4) is 0 Å². The summed E-state index contributed by atoms with van der Waals surface area (Å²) >= 11 is 0. The topological polar surface area (TPSA) is 57.5 Å². The van der Waals surface area contributed by atoms with E-state index in [1.807, 2.05) is 103 Å². The van der Waals surface area contributed by atoms with Gasteiger partial charge in [-0.15, -0.1) is 0 Å². The lowest BCUT2D eigenvalue weighted by atomic mass is 9.70. The Morgan fingerprint density at radius 1 is 0.744 bits per heavy atom. The Labute approximate surface area is 261 Å².